The number of piperazine rings is 1. The van der Waals surface area contributed by atoms with E-state index in [1.165, 1.54) is 0 Å². The van der Waals surface area contributed by atoms with Crippen LogP contribution in [0.15, 0.2) is 30.3 Å². The Kier molecular flexibility index (Phi) is 4.39. The highest BCUT2D eigenvalue weighted by atomic mass is 16.4. The molecule has 0 spiro atoms. The van der Waals surface area contributed by atoms with Gasteiger partial charge in [0.1, 0.15) is 0 Å². The summed E-state index contributed by atoms with van der Waals surface area (Å²) in [6, 6.07) is 9.08. The minimum atomic E-state index is -0.830. The molecule has 0 saturated carbocycles. The molecule has 5 heteroatoms. The van der Waals surface area contributed by atoms with E-state index in [0.717, 1.165) is 0 Å². The third kappa shape index (κ3) is 3.17. The predicted octanol–water partition coefficient (Wildman–Crippen LogP) is 1.31. The molecule has 1 aromatic rings. The number of carboxylic acid groups (broad SMARTS) is 1. The summed E-state index contributed by atoms with van der Waals surface area (Å²) in [5.41, 5.74) is 0.651. The Labute approximate surface area is 118 Å². The topological polar surface area (TPSA) is 60.9 Å². The number of carbonyl (C=O) groups excluding carboxylic acids is 1. The second-order valence-electron chi connectivity index (χ2n) is 5.36. The molecule has 1 fully saturated rings. The number of likely N-dealkylation sites (N-methyl/N-ethyl adjacent to an activating group) is 1. The molecule has 5 nitrogen and oxygen atoms in total. The molecule has 1 heterocycles. The van der Waals surface area contributed by atoms with Crippen LogP contribution in [-0.2, 0) is 4.79 Å². The highest BCUT2D eigenvalue weighted by Crippen LogP contribution is 2.18. The van der Waals surface area contributed by atoms with Crippen LogP contribution >= 0.6 is 0 Å². The quantitative estimate of drug-likeness (QED) is 0.904. The van der Waals surface area contributed by atoms with E-state index in [1.54, 1.807) is 17.0 Å². The highest BCUT2D eigenvalue weighted by molar-refractivity contribution is 5.94. The van der Waals surface area contributed by atoms with Crippen molar-refractivity contribution in [1.29, 1.82) is 0 Å². The van der Waals surface area contributed by atoms with Crippen molar-refractivity contribution >= 4 is 11.9 Å². The average molecular weight is 276 g/mol. The molecular formula is C15H20N2O3. The maximum Gasteiger partial charge on any atom is 0.305 e. The normalized spacial score (nSPS) is 23.6. The standard InChI is InChI=1S/C15H20N2O3/c1-11-9-16(2)13(8-14(18)19)10-17(11)15(20)12-6-4-3-5-7-12/h3-7,11,13H,8-10H2,1-2H3,(H,18,19)/t11-,13+/m0/s1. The Bertz CT molecular complexity index is 489. The fraction of sp³-hybridized carbons (Fsp3) is 0.467. The van der Waals surface area contributed by atoms with Gasteiger partial charge < -0.3 is 10.0 Å². The van der Waals surface area contributed by atoms with Crippen LogP contribution in [0.25, 0.3) is 0 Å². The molecule has 1 aliphatic heterocycles. The Morgan fingerprint density at radius 1 is 1.25 bits per heavy atom. The second kappa shape index (κ2) is 6.05. The van der Waals surface area contributed by atoms with Crippen LogP contribution in [0.1, 0.15) is 23.7 Å². The van der Waals surface area contributed by atoms with Gasteiger partial charge in [-0.3, -0.25) is 14.5 Å². The van der Waals surface area contributed by atoms with Crippen molar-refractivity contribution in [1.82, 2.24) is 9.80 Å². The van der Waals surface area contributed by atoms with E-state index in [4.69, 9.17) is 5.11 Å². The number of hydrogen-bond acceptors (Lipinski definition) is 3. The summed E-state index contributed by atoms with van der Waals surface area (Å²) in [4.78, 5) is 27.2. The van der Waals surface area contributed by atoms with Crippen molar-refractivity contribution in [3.8, 4) is 0 Å². The minimum absolute atomic E-state index is 0.0263. The van der Waals surface area contributed by atoms with Gasteiger partial charge in [-0.05, 0) is 26.1 Å². The van der Waals surface area contributed by atoms with Crippen molar-refractivity contribution in [2.24, 2.45) is 0 Å². The first-order valence-electron chi connectivity index (χ1n) is 6.77. The van der Waals surface area contributed by atoms with E-state index in [2.05, 4.69) is 0 Å². The molecule has 20 heavy (non-hydrogen) atoms. The van der Waals surface area contributed by atoms with Gasteiger partial charge in [0.15, 0.2) is 0 Å². The zero-order chi connectivity index (χ0) is 14.7. The monoisotopic (exact) mass is 276 g/mol. The minimum Gasteiger partial charge on any atom is -0.481 e. The number of nitrogens with zero attached hydrogens (tertiary/aromatic N) is 2. The van der Waals surface area contributed by atoms with Crippen LogP contribution < -0.4 is 0 Å². The van der Waals surface area contributed by atoms with E-state index in [9.17, 15) is 9.59 Å². The predicted molar refractivity (Wildman–Crippen MR) is 75.6 cm³/mol. The van der Waals surface area contributed by atoms with Crippen molar-refractivity contribution in [2.75, 3.05) is 20.1 Å². The molecule has 0 bridgehead atoms. The molecule has 1 aromatic carbocycles. The zero-order valence-electron chi connectivity index (χ0n) is 11.8. The molecular weight excluding hydrogens is 256 g/mol. The van der Waals surface area contributed by atoms with E-state index in [0.29, 0.717) is 18.7 Å². The van der Waals surface area contributed by atoms with E-state index < -0.39 is 5.97 Å². The maximum atomic E-state index is 12.5. The van der Waals surface area contributed by atoms with E-state index >= 15 is 0 Å². The molecule has 1 saturated heterocycles. The molecule has 1 aliphatic rings. The zero-order valence-corrected chi connectivity index (χ0v) is 11.8. The first-order chi connectivity index (χ1) is 9.49. The number of benzene rings is 1. The van der Waals surface area contributed by atoms with Crippen molar-refractivity contribution in [2.45, 2.75) is 25.4 Å². The molecule has 1 amide bonds. The third-order valence-electron chi connectivity index (χ3n) is 3.81. The molecule has 0 unspecified atom stereocenters. The Balaban J connectivity index is 2.14. The van der Waals surface area contributed by atoms with Crippen molar-refractivity contribution in [3.05, 3.63) is 35.9 Å². The number of amides is 1. The fourth-order valence-corrected chi connectivity index (χ4v) is 2.66. The Hall–Kier alpha value is -1.88. The van der Waals surface area contributed by atoms with Crippen molar-refractivity contribution < 1.29 is 14.7 Å². The van der Waals surface area contributed by atoms with Crippen LogP contribution in [-0.4, -0.2) is 59.0 Å². The smallest absolute Gasteiger partial charge is 0.305 e. The summed E-state index contributed by atoms with van der Waals surface area (Å²) >= 11 is 0. The lowest BCUT2D eigenvalue weighted by atomic mass is 10.0. The number of carboxylic acids is 1. The van der Waals surface area contributed by atoms with Gasteiger partial charge in [-0.1, -0.05) is 18.2 Å². The van der Waals surface area contributed by atoms with Gasteiger partial charge in [-0.2, -0.15) is 0 Å². The average Bonchev–Trinajstić information content (AvgIpc) is 2.41. The summed E-state index contributed by atoms with van der Waals surface area (Å²) in [6.07, 6.45) is 0.0573. The molecule has 1 N–H and O–H groups in total. The van der Waals surface area contributed by atoms with Crippen LogP contribution in [0.4, 0.5) is 0 Å². The van der Waals surface area contributed by atoms with Gasteiger partial charge in [0.05, 0.1) is 6.42 Å². The summed E-state index contributed by atoms with van der Waals surface area (Å²) < 4.78 is 0. The van der Waals surface area contributed by atoms with Gasteiger partial charge >= 0.3 is 5.97 Å². The first-order valence-corrected chi connectivity index (χ1v) is 6.77. The second-order valence-corrected chi connectivity index (χ2v) is 5.36. The summed E-state index contributed by atoms with van der Waals surface area (Å²) in [5.74, 6) is -0.856. The third-order valence-corrected chi connectivity index (χ3v) is 3.81. The summed E-state index contributed by atoms with van der Waals surface area (Å²) in [5, 5.41) is 8.96. The van der Waals surface area contributed by atoms with E-state index in [1.807, 2.05) is 37.1 Å². The molecule has 0 aromatic heterocycles. The fourth-order valence-electron chi connectivity index (χ4n) is 2.66. The van der Waals surface area contributed by atoms with Gasteiger partial charge in [-0.25, -0.2) is 0 Å². The van der Waals surface area contributed by atoms with Gasteiger partial charge in [0.2, 0.25) is 0 Å². The van der Waals surface area contributed by atoms with Crippen LogP contribution in [0.3, 0.4) is 0 Å². The van der Waals surface area contributed by atoms with Gasteiger partial charge in [0, 0.05) is 30.7 Å². The maximum absolute atomic E-state index is 12.5. The molecule has 2 atom stereocenters. The van der Waals surface area contributed by atoms with Gasteiger partial charge in [0.25, 0.3) is 5.91 Å². The molecule has 108 valence electrons. The first kappa shape index (κ1) is 14.5. The van der Waals surface area contributed by atoms with Crippen LogP contribution in [0.2, 0.25) is 0 Å². The number of hydrogen-bond donors (Lipinski definition) is 1. The van der Waals surface area contributed by atoms with Crippen molar-refractivity contribution in [3.63, 3.8) is 0 Å². The largest absolute Gasteiger partial charge is 0.481 e. The molecule has 2 rings (SSSR count). The SMILES string of the molecule is C[C@H]1CN(C)[C@H](CC(=O)O)CN1C(=O)c1ccccc1. The molecule has 0 radical (unpaired) electrons. The van der Waals surface area contributed by atoms with Gasteiger partial charge in [-0.15, -0.1) is 0 Å². The lowest BCUT2D eigenvalue weighted by Gasteiger charge is -2.43. The summed E-state index contributed by atoms with van der Waals surface area (Å²) in [7, 11) is 1.91. The number of aliphatic carboxylic acids is 1. The molecule has 0 aliphatic carbocycles. The lowest BCUT2D eigenvalue weighted by molar-refractivity contribution is -0.139. The summed E-state index contributed by atoms with van der Waals surface area (Å²) in [6.45, 7) is 3.14. The Morgan fingerprint density at radius 2 is 1.90 bits per heavy atom. The van der Waals surface area contributed by atoms with Crippen LogP contribution in [0, 0.1) is 0 Å². The number of carbonyl (C=O) groups is 2. The van der Waals surface area contributed by atoms with E-state index in [-0.39, 0.29) is 24.4 Å². The Morgan fingerprint density at radius 3 is 2.50 bits per heavy atom. The highest BCUT2D eigenvalue weighted by Gasteiger charge is 2.33. The number of rotatable bonds is 3. The lowest BCUT2D eigenvalue weighted by Crippen LogP contribution is -2.58. The van der Waals surface area contributed by atoms with Crippen LogP contribution in [0.5, 0.6) is 0 Å².